The van der Waals surface area contributed by atoms with Crippen molar-refractivity contribution in [3.8, 4) is 11.5 Å². The first-order valence-corrected chi connectivity index (χ1v) is 6.28. The summed E-state index contributed by atoms with van der Waals surface area (Å²) in [6.45, 7) is 0. The smallest absolute Gasteiger partial charge is 0.311 e. The predicted molar refractivity (Wildman–Crippen MR) is 74.2 cm³/mol. The van der Waals surface area contributed by atoms with Crippen molar-refractivity contribution in [3.63, 3.8) is 0 Å². The van der Waals surface area contributed by atoms with E-state index in [-0.39, 0.29) is 11.4 Å². The zero-order valence-electron chi connectivity index (χ0n) is 9.68. The molecule has 0 amide bonds. The molecule has 0 aliphatic rings. The van der Waals surface area contributed by atoms with E-state index in [2.05, 4.69) is 0 Å². The lowest BCUT2D eigenvalue weighted by atomic mass is 10.2. The molecule has 0 aliphatic carbocycles. The number of hydrogen-bond donors (Lipinski definition) is 0. The molecular weight excluding hydrogens is 289 g/mol. The van der Waals surface area contributed by atoms with Crippen LogP contribution < -0.4 is 4.74 Å². The molecule has 0 radical (unpaired) electrons. The van der Waals surface area contributed by atoms with Crippen LogP contribution >= 0.6 is 23.2 Å². The van der Waals surface area contributed by atoms with Crippen LogP contribution in [-0.4, -0.2) is 4.92 Å². The summed E-state index contributed by atoms with van der Waals surface area (Å²) in [5.74, 6) is 0.837. The molecule has 0 aliphatic heterocycles. The zero-order chi connectivity index (χ0) is 13.8. The normalized spacial score (nSPS) is 10.2. The number of alkyl halides is 1. The van der Waals surface area contributed by atoms with Gasteiger partial charge in [-0.2, -0.15) is 0 Å². The first-order valence-electron chi connectivity index (χ1n) is 5.37. The number of benzene rings is 2. The van der Waals surface area contributed by atoms with Gasteiger partial charge in [0, 0.05) is 11.9 Å². The van der Waals surface area contributed by atoms with Gasteiger partial charge in [0.05, 0.1) is 9.95 Å². The maximum Gasteiger partial charge on any atom is 0.311 e. The van der Waals surface area contributed by atoms with Gasteiger partial charge in [-0.25, -0.2) is 0 Å². The zero-order valence-corrected chi connectivity index (χ0v) is 11.2. The average Bonchev–Trinajstić information content (AvgIpc) is 2.41. The molecule has 0 unspecified atom stereocenters. The van der Waals surface area contributed by atoms with E-state index in [1.54, 1.807) is 30.3 Å². The Balaban J connectivity index is 2.34. The fourth-order valence-corrected chi connectivity index (χ4v) is 1.93. The number of halogens is 2. The molecule has 0 fully saturated rings. The fourth-order valence-electron chi connectivity index (χ4n) is 1.52. The van der Waals surface area contributed by atoms with Crippen molar-refractivity contribution in [3.05, 3.63) is 63.2 Å². The SMILES string of the molecule is O=[N+]([O-])c1ccccc1Oc1ccc(CCl)cc1Cl. The van der Waals surface area contributed by atoms with Crippen LogP contribution in [0.5, 0.6) is 11.5 Å². The molecule has 0 aromatic heterocycles. The quantitative estimate of drug-likeness (QED) is 0.463. The molecule has 98 valence electrons. The molecule has 0 bridgehead atoms. The second-order valence-electron chi connectivity index (χ2n) is 3.73. The molecule has 2 aromatic carbocycles. The lowest BCUT2D eigenvalue weighted by molar-refractivity contribution is -0.385. The first-order chi connectivity index (χ1) is 9.11. The van der Waals surface area contributed by atoms with Crippen LogP contribution in [0.15, 0.2) is 42.5 Å². The minimum Gasteiger partial charge on any atom is -0.449 e. The van der Waals surface area contributed by atoms with E-state index in [9.17, 15) is 10.1 Å². The number of ether oxygens (including phenoxy) is 1. The van der Waals surface area contributed by atoms with Crippen molar-refractivity contribution in [2.24, 2.45) is 0 Å². The van der Waals surface area contributed by atoms with Gasteiger partial charge in [-0.3, -0.25) is 10.1 Å². The molecule has 4 nitrogen and oxygen atoms in total. The molecule has 2 aromatic rings. The average molecular weight is 298 g/mol. The van der Waals surface area contributed by atoms with Gasteiger partial charge in [0.1, 0.15) is 5.75 Å². The van der Waals surface area contributed by atoms with Crippen molar-refractivity contribution in [1.82, 2.24) is 0 Å². The van der Waals surface area contributed by atoms with E-state index >= 15 is 0 Å². The second-order valence-corrected chi connectivity index (χ2v) is 4.40. The summed E-state index contributed by atoms with van der Waals surface area (Å²) in [7, 11) is 0. The highest BCUT2D eigenvalue weighted by molar-refractivity contribution is 6.32. The predicted octanol–water partition coefficient (Wildman–Crippen LogP) is 4.78. The highest BCUT2D eigenvalue weighted by atomic mass is 35.5. The monoisotopic (exact) mass is 297 g/mol. The van der Waals surface area contributed by atoms with Gasteiger partial charge in [-0.05, 0) is 23.8 Å². The molecule has 6 heteroatoms. The van der Waals surface area contributed by atoms with Gasteiger partial charge >= 0.3 is 5.69 Å². The van der Waals surface area contributed by atoms with Gasteiger partial charge in [0.2, 0.25) is 5.75 Å². The van der Waals surface area contributed by atoms with Crippen LogP contribution in [0.4, 0.5) is 5.69 Å². The van der Waals surface area contributed by atoms with Crippen molar-refractivity contribution < 1.29 is 9.66 Å². The van der Waals surface area contributed by atoms with E-state index in [1.807, 2.05) is 0 Å². The largest absolute Gasteiger partial charge is 0.449 e. The lowest BCUT2D eigenvalue weighted by Gasteiger charge is -2.08. The van der Waals surface area contributed by atoms with Crippen LogP contribution in [0.25, 0.3) is 0 Å². The Hall–Kier alpha value is -1.78. The third kappa shape index (κ3) is 3.16. The van der Waals surface area contributed by atoms with Crippen molar-refractivity contribution in [1.29, 1.82) is 0 Å². The van der Waals surface area contributed by atoms with Crippen LogP contribution in [-0.2, 0) is 5.88 Å². The number of para-hydroxylation sites is 2. The Morgan fingerprint density at radius 2 is 1.89 bits per heavy atom. The summed E-state index contributed by atoms with van der Waals surface area (Å²) in [6.07, 6.45) is 0. The van der Waals surface area contributed by atoms with Crippen LogP contribution in [0.1, 0.15) is 5.56 Å². The van der Waals surface area contributed by atoms with Gasteiger partial charge in [-0.1, -0.05) is 29.8 Å². The van der Waals surface area contributed by atoms with Crippen molar-refractivity contribution in [2.75, 3.05) is 0 Å². The van der Waals surface area contributed by atoms with Crippen LogP contribution in [0, 0.1) is 10.1 Å². The summed E-state index contributed by atoms with van der Waals surface area (Å²) in [5, 5.41) is 11.2. The van der Waals surface area contributed by atoms with E-state index in [4.69, 9.17) is 27.9 Å². The Morgan fingerprint density at radius 1 is 1.16 bits per heavy atom. The molecular formula is C13H9Cl2NO3. The van der Waals surface area contributed by atoms with E-state index in [0.29, 0.717) is 16.7 Å². The van der Waals surface area contributed by atoms with E-state index in [1.165, 1.54) is 12.1 Å². The molecule has 0 saturated carbocycles. The Kier molecular flexibility index (Phi) is 4.24. The van der Waals surface area contributed by atoms with Gasteiger partial charge in [0.15, 0.2) is 0 Å². The number of rotatable bonds is 4. The van der Waals surface area contributed by atoms with Crippen LogP contribution in [0.3, 0.4) is 0 Å². The summed E-state index contributed by atoms with van der Waals surface area (Å²) < 4.78 is 5.48. The van der Waals surface area contributed by atoms with Gasteiger partial charge in [-0.15, -0.1) is 11.6 Å². The Morgan fingerprint density at radius 3 is 2.53 bits per heavy atom. The first kappa shape index (κ1) is 13.6. The topological polar surface area (TPSA) is 52.4 Å². The minimum atomic E-state index is -0.504. The van der Waals surface area contributed by atoms with Gasteiger partial charge < -0.3 is 4.74 Å². The Bertz CT molecular complexity index is 617. The third-order valence-electron chi connectivity index (χ3n) is 2.43. The summed E-state index contributed by atoms with van der Waals surface area (Å²) in [5.41, 5.74) is 0.738. The van der Waals surface area contributed by atoms with E-state index in [0.717, 1.165) is 5.56 Å². The van der Waals surface area contributed by atoms with Crippen molar-refractivity contribution >= 4 is 28.9 Å². The second kappa shape index (κ2) is 5.91. The van der Waals surface area contributed by atoms with Gasteiger partial charge in [0.25, 0.3) is 0 Å². The minimum absolute atomic E-state index is 0.111. The highest BCUT2D eigenvalue weighted by Gasteiger charge is 2.15. The molecule has 0 heterocycles. The number of hydrogen-bond acceptors (Lipinski definition) is 3. The molecule has 2 rings (SSSR count). The summed E-state index contributed by atoms with van der Waals surface area (Å²) >= 11 is 11.7. The molecule has 0 N–H and O–H groups in total. The molecule has 0 saturated heterocycles. The molecule has 0 atom stereocenters. The maximum atomic E-state index is 10.9. The third-order valence-corrected chi connectivity index (χ3v) is 3.04. The number of nitro groups is 1. The summed E-state index contributed by atoms with van der Waals surface area (Å²) in [6, 6.07) is 11.2. The Labute approximate surface area is 119 Å². The fraction of sp³-hybridized carbons (Fsp3) is 0.0769. The molecule has 0 spiro atoms. The molecule has 19 heavy (non-hydrogen) atoms. The highest BCUT2D eigenvalue weighted by Crippen LogP contribution is 2.35. The summed E-state index contributed by atoms with van der Waals surface area (Å²) in [4.78, 5) is 10.4. The van der Waals surface area contributed by atoms with Crippen LogP contribution in [0.2, 0.25) is 5.02 Å². The number of nitrogens with zero attached hydrogens (tertiary/aromatic N) is 1. The van der Waals surface area contributed by atoms with E-state index < -0.39 is 4.92 Å². The van der Waals surface area contributed by atoms with Crippen molar-refractivity contribution in [2.45, 2.75) is 5.88 Å². The maximum absolute atomic E-state index is 10.9. The lowest BCUT2D eigenvalue weighted by Crippen LogP contribution is -1.93. The standard InChI is InChI=1S/C13H9Cl2NO3/c14-8-9-5-6-12(10(15)7-9)19-13-4-2-1-3-11(13)16(17)18/h1-7H,8H2. The number of nitro benzene ring substituents is 1.